The molecule has 0 radical (unpaired) electrons. The first-order valence-corrected chi connectivity index (χ1v) is 12.1. The average molecular weight is 479 g/mol. The summed E-state index contributed by atoms with van der Waals surface area (Å²) in [6.45, 7) is 10.5. The van der Waals surface area contributed by atoms with E-state index in [4.69, 9.17) is 15.3 Å². The second-order valence-electron chi connectivity index (χ2n) is 9.00. The van der Waals surface area contributed by atoms with E-state index in [0.717, 1.165) is 53.8 Å². The maximum Gasteiger partial charge on any atom is 0.121 e. The molecule has 1 saturated carbocycles. The second kappa shape index (κ2) is 13.5. The van der Waals surface area contributed by atoms with Crippen LogP contribution in [0.3, 0.4) is 0 Å². The fraction of sp³-hybridized carbons (Fsp3) is 0.429. The lowest BCUT2D eigenvalue weighted by Gasteiger charge is -2.30. The number of aromatic hydroxyl groups is 1. The molecule has 188 valence electrons. The Kier molecular flexibility index (Phi) is 10.8. The van der Waals surface area contributed by atoms with E-state index in [1.54, 1.807) is 12.1 Å². The number of hydrogen-bond donors (Lipinski definition) is 2. The number of carbonyl (C=O) groups excluding carboxylic acids is 1. The minimum Gasteiger partial charge on any atom is -0.508 e. The highest BCUT2D eigenvalue weighted by Crippen LogP contribution is 2.43. The van der Waals surface area contributed by atoms with Gasteiger partial charge in [-0.15, -0.1) is 0 Å². The highest BCUT2D eigenvalue weighted by molar-refractivity contribution is 5.95. The highest BCUT2D eigenvalue weighted by Gasteiger charge is 2.28. The molecule has 0 amide bonds. The molecule has 3 aromatic rings. The van der Waals surface area contributed by atoms with Crippen molar-refractivity contribution in [3.8, 4) is 28.8 Å². The number of phenolic OH excluding ortho intramolecular Hbond substituents is 1. The molecule has 2 aromatic carbocycles. The molecule has 0 aliphatic heterocycles. The van der Waals surface area contributed by atoms with Crippen molar-refractivity contribution < 1.29 is 14.6 Å². The summed E-state index contributed by atoms with van der Waals surface area (Å²) < 4.78 is 8.32. The Labute approximate surface area is 208 Å². The molecule has 1 heterocycles. The minimum atomic E-state index is 0.228. The van der Waals surface area contributed by atoms with Crippen LogP contribution >= 0.6 is 0 Å². The lowest BCUT2D eigenvalue weighted by atomic mass is 9.92. The topological polar surface area (TPSA) is 105 Å². The van der Waals surface area contributed by atoms with E-state index in [9.17, 15) is 10.4 Å². The molecular weight excluding hydrogens is 440 g/mol. The number of aromatic nitrogens is 1. The molecule has 1 aliphatic rings. The minimum absolute atomic E-state index is 0.228. The maximum atomic E-state index is 9.97. The van der Waals surface area contributed by atoms with Crippen LogP contribution in [0.4, 0.5) is 0 Å². The summed E-state index contributed by atoms with van der Waals surface area (Å²) in [6.07, 6.45) is 3.44. The molecule has 4 rings (SSSR count). The Hall–Kier alpha value is -3.34. The van der Waals surface area contributed by atoms with Gasteiger partial charge in [-0.05, 0) is 80.9 Å². The molecule has 35 heavy (non-hydrogen) atoms. The fourth-order valence-electron chi connectivity index (χ4n) is 3.90. The molecule has 7 heteroatoms. The van der Waals surface area contributed by atoms with Crippen molar-refractivity contribution in [3.63, 3.8) is 0 Å². The summed E-state index contributed by atoms with van der Waals surface area (Å²) >= 11 is 0. The van der Waals surface area contributed by atoms with E-state index in [1.807, 2.05) is 44.9 Å². The first-order chi connectivity index (χ1) is 16.8. The summed E-state index contributed by atoms with van der Waals surface area (Å²) in [7, 11) is 2.08. The molecule has 0 atom stereocenters. The summed E-state index contributed by atoms with van der Waals surface area (Å²) in [5.41, 5.74) is 8.75. The number of phenols is 1. The van der Waals surface area contributed by atoms with E-state index in [-0.39, 0.29) is 5.75 Å². The lowest BCUT2D eigenvalue weighted by molar-refractivity contribution is -0.0980. The zero-order valence-electron chi connectivity index (χ0n) is 21.3. The molecule has 0 saturated heterocycles. The Morgan fingerprint density at radius 1 is 1.23 bits per heavy atom. The molecule has 7 nitrogen and oxygen atoms in total. The van der Waals surface area contributed by atoms with E-state index in [1.165, 1.54) is 6.42 Å². The van der Waals surface area contributed by atoms with Crippen LogP contribution in [-0.2, 0) is 4.79 Å². The molecule has 0 unspecified atom stereocenters. The van der Waals surface area contributed by atoms with Gasteiger partial charge in [0.15, 0.2) is 0 Å². The van der Waals surface area contributed by atoms with Crippen molar-refractivity contribution in [2.75, 3.05) is 26.7 Å². The van der Waals surface area contributed by atoms with Gasteiger partial charge in [0.05, 0.1) is 16.8 Å². The van der Waals surface area contributed by atoms with Crippen molar-refractivity contribution >= 4 is 17.7 Å². The predicted octanol–water partition coefficient (Wildman–Crippen LogP) is 5.11. The average Bonchev–Trinajstić information content (AvgIpc) is 3.12. The summed E-state index contributed by atoms with van der Waals surface area (Å²) in [5, 5.41) is 20.6. The first-order valence-electron chi connectivity index (χ1n) is 12.1. The number of hydrogen-bond acceptors (Lipinski definition) is 6. The van der Waals surface area contributed by atoms with Crippen LogP contribution < -0.4 is 10.5 Å². The van der Waals surface area contributed by atoms with Crippen LogP contribution in [0.25, 0.3) is 22.2 Å². The third-order valence-electron chi connectivity index (χ3n) is 5.95. The molecule has 1 aliphatic carbocycles. The van der Waals surface area contributed by atoms with Gasteiger partial charge in [-0.1, -0.05) is 20.8 Å². The third-order valence-corrected chi connectivity index (χ3v) is 5.95. The smallest absolute Gasteiger partial charge is 0.121 e. The normalized spacial score (nSPS) is 12.9. The number of likely N-dealkylation sites (N-methyl/N-ethyl adjacent to an activating group) is 1. The second-order valence-corrected chi connectivity index (χ2v) is 9.00. The van der Waals surface area contributed by atoms with Crippen molar-refractivity contribution in [3.05, 3.63) is 48.0 Å². The van der Waals surface area contributed by atoms with Gasteiger partial charge in [0.1, 0.15) is 31.0 Å². The molecule has 1 aromatic heterocycles. The number of benzene rings is 2. The van der Waals surface area contributed by atoms with Gasteiger partial charge in [0, 0.05) is 24.0 Å². The van der Waals surface area contributed by atoms with Crippen molar-refractivity contribution in [1.82, 2.24) is 9.47 Å². The van der Waals surface area contributed by atoms with Gasteiger partial charge < -0.3 is 29.8 Å². The number of nitriles is 1. The number of rotatable bonds is 7. The number of nitrogens with zero attached hydrogens (tertiary/aromatic N) is 3. The summed E-state index contributed by atoms with van der Waals surface area (Å²) in [6, 6.07) is 16.3. The lowest BCUT2D eigenvalue weighted by Crippen LogP contribution is -2.23. The quantitative estimate of drug-likeness (QED) is 0.489. The number of fused-ring (bicyclic) bond motifs is 1. The van der Waals surface area contributed by atoms with Crippen molar-refractivity contribution in [2.24, 2.45) is 5.73 Å². The Morgan fingerprint density at radius 3 is 2.37 bits per heavy atom. The monoisotopic (exact) mass is 478 g/mol. The Bertz CT molecular complexity index is 1110. The van der Waals surface area contributed by atoms with Crippen LogP contribution in [-0.4, -0.2) is 54.1 Å². The van der Waals surface area contributed by atoms with Gasteiger partial charge in [-0.3, -0.25) is 0 Å². The summed E-state index contributed by atoms with van der Waals surface area (Å²) in [5.74, 6) is 1.06. The molecular formula is C28H38N4O3. The first kappa shape index (κ1) is 27.9. The molecule has 0 spiro atoms. The zero-order valence-corrected chi connectivity index (χ0v) is 21.3. The van der Waals surface area contributed by atoms with Crippen LogP contribution in [0.15, 0.2) is 42.5 Å². The standard InChI is InChI=1S/C24H27N3O2.C3H9N.CH2O/c1-3-26(2)13-14-29-20-11-12-21-22(16-25)24(17-7-9-19(28)10-8-17)27(23(21)15-20)18-5-4-6-18;1-3(2)4;1-2/h7-12,15,18,28H,3-6,13-14H2,1-2H3;3H,4H2,1-2H3;1H2. The SMILES string of the molecule is C=O.CC(C)N.CCN(C)CCOc1ccc2c(C#N)c(-c3ccc(O)cc3)n(C3CCC3)c2c1. The van der Waals surface area contributed by atoms with Crippen molar-refractivity contribution in [2.45, 2.75) is 52.1 Å². The zero-order chi connectivity index (χ0) is 26.0. The molecule has 3 N–H and O–H groups in total. The number of nitrogens with two attached hydrogens (primary N) is 1. The largest absolute Gasteiger partial charge is 0.508 e. The number of ether oxygens (including phenoxy) is 1. The van der Waals surface area contributed by atoms with E-state index in [0.29, 0.717) is 24.3 Å². The van der Waals surface area contributed by atoms with Gasteiger partial charge in [-0.25, -0.2) is 0 Å². The van der Waals surface area contributed by atoms with Crippen LogP contribution in [0.1, 0.15) is 51.6 Å². The van der Waals surface area contributed by atoms with E-state index in [2.05, 4.69) is 35.6 Å². The van der Waals surface area contributed by atoms with Crippen LogP contribution in [0.2, 0.25) is 0 Å². The van der Waals surface area contributed by atoms with Crippen LogP contribution in [0.5, 0.6) is 11.5 Å². The molecule has 0 bridgehead atoms. The van der Waals surface area contributed by atoms with Gasteiger partial charge >= 0.3 is 0 Å². The van der Waals surface area contributed by atoms with E-state index >= 15 is 0 Å². The number of carbonyl (C=O) groups is 1. The summed E-state index contributed by atoms with van der Waals surface area (Å²) in [4.78, 5) is 10.2. The van der Waals surface area contributed by atoms with Gasteiger partial charge in [0.25, 0.3) is 0 Å². The molecule has 1 fully saturated rings. The predicted molar refractivity (Wildman–Crippen MR) is 142 cm³/mol. The van der Waals surface area contributed by atoms with E-state index < -0.39 is 0 Å². The van der Waals surface area contributed by atoms with Gasteiger partial charge in [0.2, 0.25) is 0 Å². The van der Waals surface area contributed by atoms with Gasteiger partial charge in [-0.2, -0.15) is 5.26 Å². The van der Waals surface area contributed by atoms with Crippen molar-refractivity contribution in [1.29, 1.82) is 5.26 Å². The highest BCUT2D eigenvalue weighted by atomic mass is 16.5. The fourth-order valence-corrected chi connectivity index (χ4v) is 3.90. The van der Waals surface area contributed by atoms with Crippen LogP contribution in [0, 0.1) is 11.3 Å². The Balaban J connectivity index is 0.000000655. The third kappa shape index (κ3) is 7.08. The maximum absolute atomic E-state index is 9.97. The Morgan fingerprint density at radius 2 is 1.86 bits per heavy atom.